The number of hydrogen-bond donors (Lipinski definition) is 11. The standard InChI is InChI=1S/C58H73N19O7/c1-3-44(79)69-41-23-43(50(83)48(41)81)77-31-64-46-53(70-56(72-54(46)77)59-20-18-36-26-74(2)29-62-36)65-34-14-16-35(17-15-34)67-58(84)68-37-19-21-75(27-37)57-71-52(61-25-40(32-10-6-4-7-11-32)33-12-8-5-9-13-33)45-55(73-57)76(30-63-45)42-22-39(47(80)49(42)82)51-60-24-38(28-78)66-51/h4-13,24,26,29-31,34-35,37,39-43,47-51,78,80-83H,3,14-23,25,27-28H2,1-2H3,(H,69,79)(H,61,71,73)(H2,67,68,84)(H2,59,65,70,72)/t34?,35?,37-,39+,41+,42-,43-,47-,48-,49+,50+,51?/m1/s1. The summed E-state index contributed by atoms with van der Waals surface area (Å²) in [5.74, 6) is 1.08. The fourth-order valence-corrected chi connectivity index (χ4v) is 12.7. The van der Waals surface area contributed by atoms with Gasteiger partial charge < -0.3 is 76.0 Å². The van der Waals surface area contributed by atoms with Gasteiger partial charge in [0.25, 0.3) is 0 Å². The zero-order valence-electron chi connectivity index (χ0n) is 46.9. The second-order valence-electron chi connectivity index (χ2n) is 22.9. The van der Waals surface area contributed by atoms with Gasteiger partial charge in [-0.3, -0.25) is 14.8 Å². The molecular weight excluding hydrogens is 1070 g/mol. The van der Waals surface area contributed by atoms with Crippen molar-refractivity contribution < 1.29 is 35.1 Å². The Balaban J connectivity index is 0.714. The molecule has 7 aromatic rings. The summed E-state index contributed by atoms with van der Waals surface area (Å²) in [6.07, 6.45) is 8.21. The average Bonchev–Trinajstić information content (AvgIpc) is 2.32. The highest BCUT2D eigenvalue weighted by atomic mass is 16.3. The van der Waals surface area contributed by atoms with Crippen molar-refractivity contribution in [2.75, 3.05) is 53.6 Å². The third-order valence-electron chi connectivity index (χ3n) is 17.3. The Kier molecular flexibility index (Phi) is 16.5. The van der Waals surface area contributed by atoms with Gasteiger partial charge in [-0.15, -0.1) is 0 Å². The molecule has 1 saturated heterocycles. The van der Waals surface area contributed by atoms with Crippen LogP contribution in [0.4, 0.5) is 28.3 Å². The maximum absolute atomic E-state index is 13.8. The Morgan fingerprint density at radius 3 is 2.05 bits per heavy atom. The molecule has 0 radical (unpaired) electrons. The van der Waals surface area contributed by atoms with Crippen LogP contribution >= 0.6 is 0 Å². The summed E-state index contributed by atoms with van der Waals surface area (Å²) >= 11 is 0. The molecule has 2 aliphatic heterocycles. The summed E-state index contributed by atoms with van der Waals surface area (Å²) in [5.41, 5.74) is 5.56. The van der Waals surface area contributed by atoms with E-state index in [-0.39, 0.29) is 55.4 Å². The lowest BCUT2D eigenvalue weighted by atomic mass is 9.91. The first kappa shape index (κ1) is 56.3. The fraction of sp³-hybridized carbons (Fsp3) is 0.500. The summed E-state index contributed by atoms with van der Waals surface area (Å²) in [6, 6.07) is 18.2. The molecule has 11 N–H and O–H groups in total. The zero-order chi connectivity index (χ0) is 58.0. The molecule has 442 valence electrons. The quantitative estimate of drug-likeness (QED) is 0.0522. The summed E-state index contributed by atoms with van der Waals surface area (Å²) in [6.45, 7) is 3.46. The van der Waals surface area contributed by atoms with Crippen LogP contribution in [0.1, 0.15) is 93.1 Å². The first-order chi connectivity index (χ1) is 40.9. The third kappa shape index (κ3) is 11.8. The van der Waals surface area contributed by atoms with Gasteiger partial charge in [-0.05, 0) is 56.1 Å². The number of amides is 3. The molecular formula is C58H73N19O7. The van der Waals surface area contributed by atoms with Crippen molar-refractivity contribution in [3.05, 3.63) is 103 Å². The number of aryl methyl sites for hydroxylation is 1. The molecule has 12 rings (SSSR count). The van der Waals surface area contributed by atoms with E-state index in [9.17, 15) is 35.1 Å². The van der Waals surface area contributed by atoms with Gasteiger partial charge in [0.2, 0.25) is 17.8 Å². The van der Waals surface area contributed by atoms with E-state index in [1.165, 1.54) is 6.21 Å². The van der Waals surface area contributed by atoms with Gasteiger partial charge in [0.05, 0.1) is 61.2 Å². The van der Waals surface area contributed by atoms with Crippen LogP contribution in [0.15, 0.2) is 95.8 Å². The van der Waals surface area contributed by atoms with Crippen molar-refractivity contribution in [3.8, 4) is 0 Å². The Morgan fingerprint density at radius 1 is 0.702 bits per heavy atom. The van der Waals surface area contributed by atoms with Crippen LogP contribution in [0.2, 0.25) is 0 Å². The van der Waals surface area contributed by atoms with Crippen molar-refractivity contribution >= 4 is 69.7 Å². The van der Waals surface area contributed by atoms with Crippen LogP contribution < -0.4 is 36.8 Å². The topological polar surface area (TPSA) is 340 Å². The van der Waals surface area contributed by atoms with Gasteiger partial charge in [-0.25, -0.2) is 19.7 Å². The van der Waals surface area contributed by atoms with E-state index in [1.54, 1.807) is 30.5 Å². The highest BCUT2D eigenvalue weighted by Crippen LogP contribution is 2.42. The van der Waals surface area contributed by atoms with E-state index >= 15 is 0 Å². The van der Waals surface area contributed by atoms with Crippen LogP contribution in [-0.2, 0) is 18.3 Å². The summed E-state index contributed by atoms with van der Waals surface area (Å²) in [5, 5.41) is 74.8. The number of carbonyl (C=O) groups excluding carboxylic acids is 2. The number of aliphatic imine (C=N–C) groups is 2. The number of nitrogens with one attached hydrogen (secondary N) is 6. The molecule has 2 aromatic carbocycles. The van der Waals surface area contributed by atoms with Crippen molar-refractivity contribution in [2.24, 2.45) is 23.0 Å². The Labute approximate surface area is 484 Å². The molecule has 26 heteroatoms. The molecule has 5 aromatic heterocycles. The van der Waals surface area contributed by atoms with E-state index < -0.39 is 54.6 Å². The van der Waals surface area contributed by atoms with E-state index in [0.29, 0.717) is 110 Å². The number of fused-ring (bicyclic) bond motifs is 2. The van der Waals surface area contributed by atoms with E-state index in [2.05, 4.69) is 71.1 Å². The Morgan fingerprint density at radius 2 is 1.37 bits per heavy atom. The number of aromatic nitrogens is 10. The maximum atomic E-state index is 13.8. The number of anilines is 4. The predicted molar refractivity (Wildman–Crippen MR) is 315 cm³/mol. The monoisotopic (exact) mass is 1150 g/mol. The van der Waals surface area contributed by atoms with Crippen molar-refractivity contribution in [1.82, 2.24) is 64.5 Å². The molecule has 3 amide bonds. The Hall–Kier alpha value is -8.17. The molecule has 7 heterocycles. The number of hydrogen-bond acceptors (Lipinski definition) is 20. The lowest BCUT2D eigenvalue weighted by Crippen LogP contribution is -2.48. The smallest absolute Gasteiger partial charge is 0.315 e. The van der Waals surface area contributed by atoms with Crippen molar-refractivity contribution in [3.63, 3.8) is 0 Å². The predicted octanol–water partition coefficient (Wildman–Crippen LogP) is 2.59. The van der Waals surface area contributed by atoms with Crippen LogP contribution in [0.25, 0.3) is 22.3 Å². The molecule has 0 spiro atoms. The number of nitrogens with zero attached hydrogens (tertiary/aromatic N) is 13. The minimum Gasteiger partial charge on any atom is -0.390 e. The highest BCUT2D eigenvalue weighted by molar-refractivity contribution is 6.32. The van der Waals surface area contributed by atoms with Crippen LogP contribution in [-0.4, -0.2) is 186 Å². The van der Waals surface area contributed by atoms with Gasteiger partial charge in [0, 0.05) is 88.4 Å². The van der Waals surface area contributed by atoms with Gasteiger partial charge in [0.15, 0.2) is 34.0 Å². The number of aliphatic hydroxyl groups is 5. The summed E-state index contributed by atoms with van der Waals surface area (Å²) in [7, 11) is 1.92. The number of rotatable bonds is 20. The van der Waals surface area contributed by atoms with Gasteiger partial charge >= 0.3 is 6.03 Å². The molecule has 5 aliphatic rings. The molecule has 3 saturated carbocycles. The maximum Gasteiger partial charge on any atom is 0.315 e. The van der Waals surface area contributed by atoms with Gasteiger partial charge in [0.1, 0.15) is 24.5 Å². The normalized spacial score (nSPS) is 26.8. The first-order valence-corrected chi connectivity index (χ1v) is 29.2. The molecule has 26 nitrogen and oxygen atoms in total. The number of urea groups is 1. The van der Waals surface area contributed by atoms with Gasteiger partial charge in [-0.2, -0.15) is 19.9 Å². The summed E-state index contributed by atoms with van der Waals surface area (Å²) in [4.78, 5) is 71.0. The minimum absolute atomic E-state index is 0.00127. The summed E-state index contributed by atoms with van der Waals surface area (Å²) < 4.78 is 5.47. The zero-order valence-corrected chi connectivity index (χ0v) is 46.9. The number of benzene rings is 2. The fourth-order valence-electron chi connectivity index (χ4n) is 12.7. The number of aliphatic hydroxyl groups excluding tert-OH is 5. The third-order valence-corrected chi connectivity index (χ3v) is 17.3. The minimum atomic E-state index is -1.17. The molecule has 84 heavy (non-hydrogen) atoms. The van der Waals surface area contributed by atoms with E-state index in [0.717, 1.165) is 29.7 Å². The molecule has 3 aliphatic carbocycles. The average molecular weight is 1150 g/mol. The first-order valence-electron chi connectivity index (χ1n) is 29.2. The van der Waals surface area contributed by atoms with Crippen LogP contribution in [0.5, 0.6) is 0 Å². The largest absolute Gasteiger partial charge is 0.390 e. The van der Waals surface area contributed by atoms with Crippen LogP contribution in [0.3, 0.4) is 0 Å². The number of carbonyl (C=O) groups is 2. The molecule has 0 bridgehead atoms. The SMILES string of the molecule is CCC(=O)N[C@H]1C[C@@H](n2cnc3c(NC4CCC(NC(=O)N[C@@H]5CCN(c6nc(NCC(c7ccccc7)c7ccccc7)c7ncn([C@@H]8C[C@H](C9N=CC(CO)=N9)[C@@H](O)[C@H]8O)c7n6)C5)CC4)nc(NCCc4cn(C)cn4)nc32)[C@H](O)[C@@H]1O. The second-order valence-corrected chi connectivity index (χ2v) is 22.9. The lowest BCUT2D eigenvalue weighted by molar-refractivity contribution is -0.122. The van der Waals surface area contributed by atoms with E-state index in [1.807, 2.05) is 63.7 Å². The van der Waals surface area contributed by atoms with Crippen molar-refractivity contribution in [1.29, 1.82) is 0 Å². The molecule has 1 unspecified atom stereocenters. The van der Waals surface area contributed by atoms with Crippen LogP contribution in [0, 0.1) is 5.92 Å². The second kappa shape index (κ2) is 24.6. The van der Waals surface area contributed by atoms with E-state index in [4.69, 9.17) is 29.9 Å². The highest BCUT2D eigenvalue weighted by Gasteiger charge is 2.48. The Bertz CT molecular complexity index is 3460. The number of imidazole rings is 3. The van der Waals surface area contributed by atoms with Crippen molar-refractivity contribution in [2.45, 2.75) is 137 Å². The lowest BCUT2D eigenvalue weighted by Gasteiger charge is -2.30. The molecule has 10 atom stereocenters. The molecule has 4 fully saturated rings. The van der Waals surface area contributed by atoms with Gasteiger partial charge in [-0.1, -0.05) is 67.6 Å².